The highest BCUT2D eigenvalue weighted by atomic mass is 16.3. The number of aliphatic hydroxyl groups is 2. The molecule has 3 nitrogen and oxygen atoms in total. The van der Waals surface area contributed by atoms with Crippen LogP contribution in [0.2, 0.25) is 0 Å². The minimum absolute atomic E-state index is 0.00424. The molecule has 0 saturated heterocycles. The Labute approximate surface area is 99.7 Å². The fraction of sp³-hybridized carbons (Fsp3) is 0.214. The second kappa shape index (κ2) is 4.18. The summed E-state index contributed by atoms with van der Waals surface area (Å²) < 4.78 is 0. The second-order valence-corrected chi connectivity index (χ2v) is 4.42. The maximum Gasteiger partial charge on any atom is 0.169 e. The van der Waals surface area contributed by atoms with Crippen LogP contribution in [0.15, 0.2) is 48.1 Å². The summed E-state index contributed by atoms with van der Waals surface area (Å²) in [5.74, 6) is -0.291. The molecule has 0 saturated carbocycles. The van der Waals surface area contributed by atoms with Gasteiger partial charge >= 0.3 is 0 Å². The van der Waals surface area contributed by atoms with Gasteiger partial charge in [0.05, 0.1) is 11.2 Å². The first-order chi connectivity index (χ1) is 7.99. The van der Waals surface area contributed by atoms with E-state index >= 15 is 0 Å². The summed E-state index contributed by atoms with van der Waals surface area (Å²) in [5.41, 5.74) is -0.262. The first-order valence-electron chi connectivity index (χ1n) is 5.43. The molecule has 2 rings (SSSR count). The monoisotopic (exact) mass is 230 g/mol. The third-order valence-corrected chi connectivity index (χ3v) is 2.73. The molecule has 0 aromatic heterocycles. The maximum atomic E-state index is 11.8. The van der Waals surface area contributed by atoms with E-state index in [9.17, 15) is 15.0 Å². The summed E-state index contributed by atoms with van der Waals surface area (Å²) >= 11 is 0. The molecule has 1 atom stereocenters. The molecule has 0 heterocycles. The predicted octanol–water partition coefficient (Wildman–Crippen LogP) is 2.24. The van der Waals surface area contributed by atoms with Gasteiger partial charge in [0.2, 0.25) is 0 Å². The summed E-state index contributed by atoms with van der Waals surface area (Å²) in [4.78, 5) is 11.8. The Morgan fingerprint density at radius 3 is 2.53 bits per heavy atom. The van der Waals surface area contributed by atoms with E-state index in [1.54, 1.807) is 31.2 Å². The summed E-state index contributed by atoms with van der Waals surface area (Å²) in [5, 5.41) is 19.7. The van der Waals surface area contributed by atoms with E-state index in [1.165, 1.54) is 12.2 Å². The van der Waals surface area contributed by atoms with Crippen molar-refractivity contribution >= 4 is 11.5 Å². The van der Waals surface area contributed by atoms with Crippen LogP contribution < -0.4 is 0 Å². The molecule has 1 aromatic rings. The lowest BCUT2D eigenvalue weighted by molar-refractivity contribution is -0.118. The zero-order valence-electron chi connectivity index (χ0n) is 9.55. The van der Waals surface area contributed by atoms with Crippen LogP contribution in [0.1, 0.15) is 18.9 Å². The highest BCUT2D eigenvalue weighted by Gasteiger charge is 2.28. The van der Waals surface area contributed by atoms with E-state index in [0.717, 1.165) is 0 Å². The Bertz CT molecular complexity index is 495. The van der Waals surface area contributed by atoms with Crippen LogP contribution in [0.5, 0.6) is 0 Å². The standard InChI is InChI=1S/C14H14O3/c1-14(17)8-7-11(12(15)9-14)13(16)10-5-3-2-4-6-10/h2-8,16-17H,9H2,1H3. The Hall–Kier alpha value is -1.87. The number of hydrogen-bond acceptors (Lipinski definition) is 3. The zero-order chi connectivity index (χ0) is 12.5. The van der Waals surface area contributed by atoms with Crippen molar-refractivity contribution < 1.29 is 15.0 Å². The van der Waals surface area contributed by atoms with Crippen LogP contribution in [0, 0.1) is 0 Å². The fourth-order valence-corrected chi connectivity index (χ4v) is 1.80. The average molecular weight is 230 g/mol. The van der Waals surface area contributed by atoms with Gasteiger partial charge < -0.3 is 10.2 Å². The SMILES string of the molecule is CC1(O)C=CC(=C(O)c2ccccc2)C(=O)C1. The summed E-state index contributed by atoms with van der Waals surface area (Å²) in [7, 11) is 0. The van der Waals surface area contributed by atoms with Crippen molar-refractivity contribution in [2.75, 3.05) is 0 Å². The zero-order valence-corrected chi connectivity index (χ0v) is 9.55. The predicted molar refractivity (Wildman–Crippen MR) is 65.4 cm³/mol. The highest BCUT2D eigenvalue weighted by molar-refractivity contribution is 6.05. The minimum Gasteiger partial charge on any atom is -0.507 e. The third-order valence-electron chi connectivity index (χ3n) is 2.73. The van der Waals surface area contributed by atoms with Crippen molar-refractivity contribution in [1.29, 1.82) is 0 Å². The van der Waals surface area contributed by atoms with Crippen LogP contribution in [-0.2, 0) is 4.79 Å². The van der Waals surface area contributed by atoms with E-state index in [2.05, 4.69) is 0 Å². The maximum absolute atomic E-state index is 11.8. The van der Waals surface area contributed by atoms with Crippen LogP contribution in [-0.4, -0.2) is 21.6 Å². The number of benzene rings is 1. The fourth-order valence-electron chi connectivity index (χ4n) is 1.80. The Morgan fingerprint density at radius 2 is 1.94 bits per heavy atom. The molecule has 0 fully saturated rings. The number of aliphatic hydroxyl groups excluding tert-OH is 1. The lowest BCUT2D eigenvalue weighted by atomic mass is 9.87. The summed E-state index contributed by atoms with van der Waals surface area (Å²) in [6, 6.07) is 8.88. The number of carbonyl (C=O) groups is 1. The van der Waals surface area contributed by atoms with Gasteiger partial charge in [-0.2, -0.15) is 0 Å². The molecular formula is C14H14O3. The first-order valence-corrected chi connectivity index (χ1v) is 5.43. The smallest absolute Gasteiger partial charge is 0.169 e. The van der Waals surface area contributed by atoms with Gasteiger partial charge in [-0.05, 0) is 13.0 Å². The molecule has 0 spiro atoms. The molecule has 0 bridgehead atoms. The van der Waals surface area contributed by atoms with E-state index < -0.39 is 5.60 Å². The van der Waals surface area contributed by atoms with Gasteiger partial charge in [-0.1, -0.05) is 36.4 Å². The molecule has 88 valence electrons. The van der Waals surface area contributed by atoms with Crippen molar-refractivity contribution in [3.05, 3.63) is 53.6 Å². The summed E-state index contributed by atoms with van der Waals surface area (Å²) in [6.07, 6.45) is 3.01. The number of allylic oxidation sites excluding steroid dienone is 2. The third kappa shape index (κ3) is 2.45. The topological polar surface area (TPSA) is 57.5 Å². The molecule has 0 aliphatic heterocycles. The molecule has 0 amide bonds. The number of hydrogen-bond donors (Lipinski definition) is 2. The van der Waals surface area contributed by atoms with Crippen molar-refractivity contribution in [2.45, 2.75) is 18.9 Å². The molecule has 3 heteroatoms. The first kappa shape index (κ1) is 11.6. The van der Waals surface area contributed by atoms with Gasteiger partial charge in [-0.15, -0.1) is 0 Å². The van der Waals surface area contributed by atoms with E-state index in [0.29, 0.717) is 5.56 Å². The Balaban J connectivity index is 2.44. The molecule has 1 aliphatic carbocycles. The van der Waals surface area contributed by atoms with Crippen molar-refractivity contribution in [3.63, 3.8) is 0 Å². The Morgan fingerprint density at radius 1 is 1.29 bits per heavy atom. The van der Waals surface area contributed by atoms with Gasteiger partial charge in [0.15, 0.2) is 5.78 Å². The summed E-state index contributed by atoms with van der Waals surface area (Å²) in [6.45, 7) is 1.57. The van der Waals surface area contributed by atoms with Crippen molar-refractivity contribution in [2.24, 2.45) is 0 Å². The van der Waals surface area contributed by atoms with Gasteiger partial charge in [-0.3, -0.25) is 4.79 Å². The highest BCUT2D eigenvalue weighted by Crippen LogP contribution is 2.26. The second-order valence-electron chi connectivity index (χ2n) is 4.42. The molecule has 17 heavy (non-hydrogen) atoms. The lowest BCUT2D eigenvalue weighted by Gasteiger charge is -2.23. The molecule has 2 N–H and O–H groups in total. The quantitative estimate of drug-likeness (QED) is 0.574. The molecule has 0 radical (unpaired) electrons. The average Bonchev–Trinajstić information content (AvgIpc) is 2.28. The molecule has 1 aliphatic rings. The largest absolute Gasteiger partial charge is 0.507 e. The Kier molecular flexibility index (Phi) is 2.86. The van der Waals surface area contributed by atoms with Crippen LogP contribution in [0.3, 0.4) is 0 Å². The van der Waals surface area contributed by atoms with Crippen LogP contribution in [0.4, 0.5) is 0 Å². The number of Topliss-reactive ketones (excluding diaryl/α,β-unsaturated/α-hetero) is 1. The normalized spacial score (nSPS) is 27.1. The van der Waals surface area contributed by atoms with Crippen LogP contribution in [0.25, 0.3) is 5.76 Å². The molecule has 1 aromatic carbocycles. The molecular weight excluding hydrogens is 216 g/mol. The van der Waals surface area contributed by atoms with Crippen LogP contribution >= 0.6 is 0 Å². The van der Waals surface area contributed by atoms with Gasteiger partial charge in [0.25, 0.3) is 0 Å². The van der Waals surface area contributed by atoms with Gasteiger partial charge in [0, 0.05) is 12.0 Å². The van der Waals surface area contributed by atoms with E-state index in [-0.39, 0.29) is 23.5 Å². The number of ketones is 1. The van der Waals surface area contributed by atoms with E-state index in [1.807, 2.05) is 6.07 Å². The number of carbonyl (C=O) groups excluding carboxylic acids is 1. The molecule has 1 unspecified atom stereocenters. The van der Waals surface area contributed by atoms with E-state index in [4.69, 9.17) is 0 Å². The van der Waals surface area contributed by atoms with Gasteiger partial charge in [0.1, 0.15) is 5.76 Å². The van der Waals surface area contributed by atoms with Gasteiger partial charge in [-0.25, -0.2) is 0 Å². The lowest BCUT2D eigenvalue weighted by Crippen LogP contribution is -2.29. The number of rotatable bonds is 1. The minimum atomic E-state index is -1.11. The van der Waals surface area contributed by atoms with Crippen molar-refractivity contribution in [1.82, 2.24) is 0 Å². The van der Waals surface area contributed by atoms with Crippen molar-refractivity contribution in [3.8, 4) is 0 Å².